The maximum Gasteiger partial charge on any atom is 0.264 e. The van der Waals surface area contributed by atoms with Gasteiger partial charge in [0.2, 0.25) is 11.8 Å². The summed E-state index contributed by atoms with van der Waals surface area (Å²) in [6.45, 7) is 7.49. The van der Waals surface area contributed by atoms with Gasteiger partial charge < -0.3 is 10.2 Å². The Bertz CT molecular complexity index is 1460. The summed E-state index contributed by atoms with van der Waals surface area (Å²) in [5.41, 5.74) is 2.56. The van der Waals surface area contributed by atoms with Crippen LogP contribution in [0.25, 0.3) is 0 Å². The third-order valence-corrected chi connectivity index (χ3v) is 9.41. The molecule has 0 radical (unpaired) electrons. The lowest BCUT2D eigenvalue weighted by molar-refractivity contribution is -0.140. The fourth-order valence-corrected chi connectivity index (χ4v) is 6.12. The molecule has 0 unspecified atom stereocenters. The van der Waals surface area contributed by atoms with Crippen molar-refractivity contribution in [2.75, 3.05) is 17.4 Å². The molecule has 41 heavy (non-hydrogen) atoms. The highest BCUT2D eigenvalue weighted by molar-refractivity contribution is 7.92. The minimum absolute atomic E-state index is 0.0330. The van der Waals surface area contributed by atoms with E-state index < -0.39 is 28.5 Å². The van der Waals surface area contributed by atoms with Crippen LogP contribution >= 0.6 is 23.2 Å². The van der Waals surface area contributed by atoms with Crippen LogP contribution in [0.15, 0.2) is 71.6 Å². The molecule has 0 spiro atoms. The number of nitrogens with zero attached hydrogens (tertiary/aromatic N) is 2. The number of anilines is 1. The predicted octanol–water partition coefficient (Wildman–Crippen LogP) is 6.53. The third-order valence-electron chi connectivity index (χ3n) is 6.85. The number of hydrogen-bond donors (Lipinski definition) is 1. The molecule has 1 atom stereocenters. The number of halogens is 2. The average Bonchev–Trinajstić information content (AvgIpc) is 2.94. The van der Waals surface area contributed by atoms with Crippen LogP contribution in [0.5, 0.6) is 0 Å². The number of carbonyl (C=O) groups excluding carboxylic acids is 2. The molecule has 0 bridgehead atoms. The number of carbonyl (C=O) groups is 2. The van der Waals surface area contributed by atoms with Crippen molar-refractivity contribution in [3.05, 3.63) is 93.5 Å². The highest BCUT2D eigenvalue weighted by Crippen LogP contribution is 2.29. The Morgan fingerprint density at radius 3 is 2.22 bits per heavy atom. The van der Waals surface area contributed by atoms with Crippen LogP contribution in [0.4, 0.5) is 5.69 Å². The van der Waals surface area contributed by atoms with Crippen LogP contribution in [0.3, 0.4) is 0 Å². The summed E-state index contributed by atoms with van der Waals surface area (Å²) in [7, 11) is -4.18. The van der Waals surface area contributed by atoms with E-state index in [1.165, 1.54) is 23.1 Å². The minimum atomic E-state index is -4.18. The predicted molar refractivity (Wildman–Crippen MR) is 166 cm³/mol. The van der Waals surface area contributed by atoms with Gasteiger partial charge in [-0.2, -0.15) is 0 Å². The Balaban J connectivity index is 2.07. The number of amides is 2. The van der Waals surface area contributed by atoms with Crippen LogP contribution in [0.1, 0.15) is 49.8 Å². The summed E-state index contributed by atoms with van der Waals surface area (Å²) >= 11 is 12.8. The average molecular weight is 619 g/mol. The topological polar surface area (TPSA) is 86.8 Å². The highest BCUT2D eigenvalue weighted by atomic mass is 35.5. The Morgan fingerprint density at radius 2 is 1.61 bits per heavy atom. The fourth-order valence-electron chi connectivity index (χ4n) is 4.34. The van der Waals surface area contributed by atoms with E-state index in [-0.39, 0.29) is 23.0 Å². The lowest BCUT2D eigenvalue weighted by Crippen LogP contribution is -2.52. The third kappa shape index (κ3) is 8.24. The molecule has 0 aromatic heterocycles. The molecule has 0 heterocycles. The van der Waals surface area contributed by atoms with Crippen LogP contribution in [0, 0.1) is 13.8 Å². The first-order valence-electron chi connectivity index (χ1n) is 13.7. The molecule has 220 valence electrons. The van der Waals surface area contributed by atoms with Gasteiger partial charge in [0.25, 0.3) is 10.0 Å². The summed E-state index contributed by atoms with van der Waals surface area (Å²) in [6.07, 6.45) is 2.04. The summed E-state index contributed by atoms with van der Waals surface area (Å²) in [6, 6.07) is 17.5. The van der Waals surface area contributed by atoms with Gasteiger partial charge in [0.15, 0.2) is 0 Å². The van der Waals surface area contributed by atoms with E-state index in [9.17, 15) is 18.0 Å². The lowest BCUT2D eigenvalue weighted by atomic mass is 10.1. The first-order valence-corrected chi connectivity index (χ1v) is 15.8. The maximum atomic E-state index is 14.1. The molecule has 0 aliphatic heterocycles. The van der Waals surface area contributed by atoms with Crippen molar-refractivity contribution in [3.63, 3.8) is 0 Å². The summed E-state index contributed by atoms with van der Waals surface area (Å²) in [5, 5.41) is 3.73. The maximum absolute atomic E-state index is 14.1. The Labute approximate surface area is 253 Å². The number of rotatable bonds is 13. The molecule has 0 saturated heterocycles. The van der Waals surface area contributed by atoms with E-state index >= 15 is 0 Å². The second-order valence-corrected chi connectivity index (χ2v) is 12.6. The fraction of sp³-hybridized carbons (Fsp3) is 0.355. The Morgan fingerprint density at radius 1 is 0.927 bits per heavy atom. The normalized spacial score (nSPS) is 12.0. The van der Waals surface area contributed by atoms with E-state index in [1.54, 1.807) is 48.5 Å². The van der Waals surface area contributed by atoms with Crippen LogP contribution in [0.2, 0.25) is 10.0 Å². The molecule has 0 saturated carbocycles. The monoisotopic (exact) mass is 617 g/mol. The zero-order valence-electron chi connectivity index (χ0n) is 23.9. The number of unbranched alkanes of at least 4 members (excludes halogenated alkanes) is 1. The van der Waals surface area contributed by atoms with Crippen LogP contribution in [-0.2, 0) is 26.2 Å². The standard InChI is InChI=1S/C31H37Cl2N3O4S/c1-5-7-18-34-31(38)29(6-2)35(20-24-10-8-9-11-27(24)32)30(37)21-36(25-15-14-23(4)28(33)19-25)41(39,40)26-16-12-22(3)13-17-26/h8-17,19,29H,5-7,18,20-21H2,1-4H3,(H,34,38)/t29-/m1/s1. The first-order chi connectivity index (χ1) is 19.5. The van der Waals surface area contributed by atoms with Gasteiger partial charge in [0, 0.05) is 23.1 Å². The van der Waals surface area contributed by atoms with Crippen molar-refractivity contribution in [1.82, 2.24) is 10.2 Å². The molecule has 3 rings (SSSR count). The number of nitrogens with one attached hydrogen (secondary N) is 1. The summed E-state index contributed by atoms with van der Waals surface area (Å²) in [4.78, 5) is 28.8. The summed E-state index contributed by atoms with van der Waals surface area (Å²) in [5.74, 6) is -0.845. The highest BCUT2D eigenvalue weighted by Gasteiger charge is 2.34. The Hall–Kier alpha value is -3.07. The zero-order chi connectivity index (χ0) is 30.2. The van der Waals surface area contributed by atoms with Gasteiger partial charge in [-0.15, -0.1) is 0 Å². The first kappa shape index (κ1) is 32.4. The molecule has 2 amide bonds. The largest absolute Gasteiger partial charge is 0.354 e. The van der Waals surface area contributed by atoms with E-state index in [2.05, 4.69) is 5.32 Å². The van der Waals surface area contributed by atoms with E-state index in [0.29, 0.717) is 28.6 Å². The molecule has 1 N–H and O–H groups in total. The van der Waals surface area contributed by atoms with Crippen molar-refractivity contribution < 1.29 is 18.0 Å². The van der Waals surface area contributed by atoms with Gasteiger partial charge in [-0.05, 0) is 68.1 Å². The summed E-state index contributed by atoms with van der Waals surface area (Å²) < 4.78 is 29.0. The lowest BCUT2D eigenvalue weighted by Gasteiger charge is -2.33. The van der Waals surface area contributed by atoms with Gasteiger partial charge in [-0.1, -0.05) is 85.4 Å². The van der Waals surface area contributed by atoms with Crippen molar-refractivity contribution in [2.45, 2.75) is 64.4 Å². The van der Waals surface area contributed by atoms with E-state index in [0.717, 1.165) is 28.3 Å². The minimum Gasteiger partial charge on any atom is -0.354 e. The number of benzene rings is 3. The van der Waals surface area contributed by atoms with Crippen molar-refractivity contribution >= 4 is 50.7 Å². The smallest absolute Gasteiger partial charge is 0.264 e. The van der Waals surface area contributed by atoms with Crippen LogP contribution in [-0.4, -0.2) is 44.3 Å². The second kappa shape index (κ2) is 14.7. The molecule has 10 heteroatoms. The number of aryl methyl sites for hydroxylation is 2. The molecule has 0 aliphatic carbocycles. The Kier molecular flexibility index (Phi) is 11.6. The van der Waals surface area contributed by atoms with Crippen molar-refractivity contribution in [3.8, 4) is 0 Å². The number of hydrogen-bond acceptors (Lipinski definition) is 4. The molecular weight excluding hydrogens is 581 g/mol. The van der Waals surface area contributed by atoms with Crippen molar-refractivity contribution in [1.29, 1.82) is 0 Å². The van der Waals surface area contributed by atoms with Gasteiger partial charge in [-0.3, -0.25) is 13.9 Å². The molecule has 7 nitrogen and oxygen atoms in total. The van der Waals surface area contributed by atoms with Gasteiger partial charge in [0.1, 0.15) is 12.6 Å². The zero-order valence-corrected chi connectivity index (χ0v) is 26.2. The van der Waals surface area contributed by atoms with E-state index in [4.69, 9.17) is 23.2 Å². The van der Waals surface area contributed by atoms with E-state index in [1.807, 2.05) is 27.7 Å². The van der Waals surface area contributed by atoms with Gasteiger partial charge in [-0.25, -0.2) is 8.42 Å². The van der Waals surface area contributed by atoms with Gasteiger partial charge >= 0.3 is 0 Å². The number of sulfonamides is 1. The SMILES string of the molecule is CCCCNC(=O)[C@@H](CC)N(Cc1ccccc1Cl)C(=O)CN(c1ccc(C)c(Cl)c1)S(=O)(=O)c1ccc(C)cc1. The second-order valence-electron chi connectivity index (χ2n) is 9.94. The molecule has 0 fully saturated rings. The molecule has 3 aromatic carbocycles. The molecule has 0 aliphatic rings. The van der Waals surface area contributed by atoms with Crippen LogP contribution < -0.4 is 9.62 Å². The quantitative estimate of drug-likeness (QED) is 0.221. The molecular formula is C31H37Cl2N3O4S. The van der Waals surface area contributed by atoms with Crippen molar-refractivity contribution in [2.24, 2.45) is 0 Å². The van der Waals surface area contributed by atoms with Gasteiger partial charge in [0.05, 0.1) is 10.6 Å². The molecule has 3 aromatic rings.